The highest BCUT2D eigenvalue weighted by molar-refractivity contribution is 5.91. The van der Waals surface area contributed by atoms with E-state index in [2.05, 4.69) is 58.9 Å². The minimum absolute atomic E-state index is 0.689. The van der Waals surface area contributed by atoms with Crippen LogP contribution in [0.5, 0.6) is 0 Å². The summed E-state index contributed by atoms with van der Waals surface area (Å²) in [6.07, 6.45) is 3.70. The van der Waals surface area contributed by atoms with E-state index in [1.54, 1.807) is 6.20 Å². The van der Waals surface area contributed by atoms with Gasteiger partial charge in [-0.05, 0) is 48.4 Å². The Morgan fingerprint density at radius 2 is 1.92 bits per heavy atom. The van der Waals surface area contributed by atoms with E-state index >= 15 is 0 Å². The van der Waals surface area contributed by atoms with E-state index in [-0.39, 0.29) is 0 Å². The second kappa shape index (κ2) is 6.26. The van der Waals surface area contributed by atoms with Gasteiger partial charge in [-0.3, -0.25) is 4.98 Å². The number of para-hydroxylation sites is 1. The first kappa shape index (κ1) is 15.2. The molecule has 0 unspecified atom stereocenters. The summed E-state index contributed by atoms with van der Waals surface area (Å²) in [7, 11) is 0. The Morgan fingerprint density at radius 1 is 1.04 bits per heavy atom. The Morgan fingerprint density at radius 3 is 2.72 bits per heavy atom. The molecule has 3 nitrogen and oxygen atoms in total. The third-order valence-electron chi connectivity index (χ3n) is 4.56. The van der Waals surface area contributed by atoms with Gasteiger partial charge in [0.15, 0.2) is 0 Å². The highest BCUT2D eigenvalue weighted by Crippen LogP contribution is 2.33. The molecule has 4 aromatic rings. The number of hydrogen-bond donors (Lipinski definition) is 0. The molecular formula is C22H17N3. The van der Waals surface area contributed by atoms with Crippen molar-refractivity contribution in [2.24, 2.45) is 0 Å². The first-order valence-electron chi connectivity index (χ1n) is 8.25. The van der Waals surface area contributed by atoms with Crippen LogP contribution in [0, 0.1) is 18.3 Å². The second-order valence-corrected chi connectivity index (χ2v) is 6.13. The molecule has 120 valence electrons. The summed E-state index contributed by atoms with van der Waals surface area (Å²) in [6.45, 7) is 2.88. The van der Waals surface area contributed by atoms with Gasteiger partial charge in [0, 0.05) is 35.4 Å². The molecule has 2 aromatic carbocycles. The topological polar surface area (TPSA) is 41.6 Å². The van der Waals surface area contributed by atoms with E-state index in [1.807, 2.05) is 30.5 Å². The van der Waals surface area contributed by atoms with E-state index in [4.69, 9.17) is 0 Å². The molecule has 0 fully saturated rings. The molecule has 0 atom stereocenters. The molecule has 0 aliphatic heterocycles. The summed E-state index contributed by atoms with van der Waals surface area (Å²) in [4.78, 5) is 4.29. The van der Waals surface area contributed by atoms with Crippen molar-refractivity contribution in [3.05, 3.63) is 89.7 Å². The molecule has 4 rings (SSSR count). The van der Waals surface area contributed by atoms with Crippen LogP contribution < -0.4 is 0 Å². The fourth-order valence-corrected chi connectivity index (χ4v) is 3.44. The maximum Gasteiger partial charge on any atom is 0.0991 e. The van der Waals surface area contributed by atoms with Crippen LogP contribution >= 0.6 is 0 Å². The minimum atomic E-state index is 0.689. The fourth-order valence-electron chi connectivity index (χ4n) is 3.44. The van der Waals surface area contributed by atoms with Crippen LogP contribution in [0.1, 0.15) is 16.7 Å². The van der Waals surface area contributed by atoms with Gasteiger partial charge in [0.2, 0.25) is 0 Å². The monoisotopic (exact) mass is 323 g/mol. The predicted molar refractivity (Wildman–Crippen MR) is 100 cm³/mol. The van der Waals surface area contributed by atoms with Crippen molar-refractivity contribution in [2.75, 3.05) is 0 Å². The summed E-state index contributed by atoms with van der Waals surface area (Å²) in [5.41, 5.74) is 6.53. The average molecular weight is 323 g/mol. The van der Waals surface area contributed by atoms with Crippen molar-refractivity contribution in [1.29, 1.82) is 5.26 Å². The van der Waals surface area contributed by atoms with Crippen LogP contribution in [0.25, 0.3) is 22.2 Å². The van der Waals surface area contributed by atoms with Crippen LogP contribution in [0.2, 0.25) is 0 Å². The molecule has 0 spiro atoms. The molecule has 0 aliphatic carbocycles. The number of benzene rings is 2. The number of aryl methyl sites for hydroxylation is 1. The van der Waals surface area contributed by atoms with Crippen molar-refractivity contribution >= 4 is 10.9 Å². The Balaban J connectivity index is 1.94. The lowest BCUT2D eigenvalue weighted by Crippen LogP contribution is -2.02. The molecule has 0 aliphatic rings. The second-order valence-electron chi connectivity index (χ2n) is 6.13. The van der Waals surface area contributed by atoms with Crippen molar-refractivity contribution in [1.82, 2.24) is 9.55 Å². The molecule has 2 heterocycles. The number of fused-ring (bicyclic) bond motifs is 1. The maximum atomic E-state index is 9.17. The number of hydrogen-bond acceptors (Lipinski definition) is 2. The Bertz CT molecular complexity index is 1090. The van der Waals surface area contributed by atoms with E-state index in [1.165, 1.54) is 22.2 Å². The molecule has 0 saturated carbocycles. The van der Waals surface area contributed by atoms with Crippen LogP contribution in [0.15, 0.2) is 73.1 Å². The van der Waals surface area contributed by atoms with Gasteiger partial charge < -0.3 is 4.57 Å². The highest BCUT2D eigenvalue weighted by atomic mass is 15.0. The van der Waals surface area contributed by atoms with E-state index in [0.29, 0.717) is 12.1 Å². The van der Waals surface area contributed by atoms with Gasteiger partial charge in [0.25, 0.3) is 0 Å². The molecule has 0 bridgehead atoms. The van der Waals surface area contributed by atoms with Crippen molar-refractivity contribution in [3.63, 3.8) is 0 Å². The molecule has 2 aromatic heterocycles. The Labute approximate surface area is 146 Å². The van der Waals surface area contributed by atoms with Gasteiger partial charge in [0.1, 0.15) is 0 Å². The normalized spacial score (nSPS) is 10.7. The minimum Gasteiger partial charge on any atom is -0.336 e. The number of aromatic nitrogens is 2. The summed E-state index contributed by atoms with van der Waals surface area (Å²) >= 11 is 0. The summed E-state index contributed by atoms with van der Waals surface area (Å²) < 4.78 is 2.32. The van der Waals surface area contributed by atoms with Gasteiger partial charge in [-0.25, -0.2) is 0 Å². The number of pyridine rings is 1. The zero-order valence-electron chi connectivity index (χ0n) is 14.0. The number of nitriles is 1. The quantitative estimate of drug-likeness (QED) is 0.536. The summed E-state index contributed by atoms with van der Waals surface area (Å²) in [5, 5.41) is 10.4. The Hall–Kier alpha value is -3.38. The lowest BCUT2D eigenvalue weighted by atomic mass is 10.1. The van der Waals surface area contributed by atoms with Gasteiger partial charge in [-0.1, -0.05) is 30.3 Å². The lowest BCUT2D eigenvalue weighted by molar-refractivity contribution is 0.841. The smallest absolute Gasteiger partial charge is 0.0991 e. The molecule has 0 N–H and O–H groups in total. The fraction of sp³-hybridized carbons (Fsp3) is 0.0909. The largest absolute Gasteiger partial charge is 0.336 e. The first-order chi connectivity index (χ1) is 12.3. The lowest BCUT2D eigenvalue weighted by Gasteiger charge is -2.12. The van der Waals surface area contributed by atoms with Gasteiger partial charge >= 0.3 is 0 Å². The third-order valence-corrected chi connectivity index (χ3v) is 4.56. The standard InChI is InChI=1S/C22H17N3/c1-16-20-9-2-3-10-21(20)25(22(16)19-8-5-11-24-14-19)15-18-7-4-6-17(12-18)13-23/h2-12,14H,15H2,1H3. The van der Waals surface area contributed by atoms with Crippen molar-refractivity contribution < 1.29 is 0 Å². The maximum absolute atomic E-state index is 9.17. The molecule has 25 heavy (non-hydrogen) atoms. The number of nitrogens with zero attached hydrogens (tertiary/aromatic N) is 3. The SMILES string of the molecule is Cc1c(-c2cccnc2)n(Cc2cccc(C#N)c2)c2ccccc12. The zero-order valence-corrected chi connectivity index (χ0v) is 14.0. The first-order valence-corrected chi connectivity index (χ1v) is 8.25. The van der Waals surface area contributed by atoms with Crippen LogP contribution in [-0.4, -0.2) is 9.55 Å². The zero-order chi connectivity index (χ0) is 17.2. The van der Waals surface area contributed by atoms with Crippen molar-refractivity contribution in [3.8, 4) is 17.3 Å². The molecule has 0 radical (unpaired) electrons. The van der Waals surface area contributed by atoms with E-state index in [9.17, 15) is 5.26 Å². The van der Waals surface area contributed by atoms with E-state index in [0.717, 1.165) is 11.1 Å². The predicted octanol–water partition coefficient (Wildman–Crippen LogP) is 4.93. The van der Waals surface area contributed by atoms with Crippen molar-refractivity contribution in [2.45, 2.75) is 13.5 Å². The van der Waals surface area contributed by atoms with Gasteiger partial charge in [-0.15, -0.1) is 0 Å². The van der Waals surface area contributed by atoms with Gasteiger partial charge in [-0.2, -0.15) is 5.26 Å². The Kier molecular flexibility index (Phi) is 3.80. The van der Waals surface area contributed by atoms with Crippen LogP contribution in [-0.2, 0) is 6.54 Å². The van der Waals surface area contributed by atoms with Crippen LogP contribution in [0.3, 0.4) is 0 Å². The highest BCUT2D eigenvalue weighted by Gasteiger charge is 2.15. The van der Waals surface area contributed by atoms with Crippen LogP contribution in [0.4, 0.5) is 0 Å². The van der Waals surface area contributed by atoms with E-state index < -0.39 is 0 Å². The molecular weight excluding hydrogens is 306 g/mol. The molecule has 0 saturated heterocycles. The summed E-state index contributed by atoms with van der Waals surface area (Å²) in [5.74, 6) is 0. The third kappa shape index (κ3) is 2.68. The van der Waals surface area contributed by atoms with Gasteiger partial charge in [0.05, 0.1) is 17.3 Å². The molecule has 0 amide bonds. The molecule has 3 heteroatoms. The summed E-state index contributed by atoms with van der Waals surface area (Å²) in [6, 6.07) is 22.5. The number of rotatable bonds is 3. The average Bonchev–Trinajstić information content (AvgIpc) is 2.95.